The number of esters is 1. The number of halogens is 1. The van der Waals surface area contributed by atoms with Gasteiger partial charge in [0.25, 0.3) is 5.91 Å². The summed E-state index contributed by atoms with van der Waals surface area (Å²) in [6.45, 7) is 1.34. The van der Waals surface area contributed by atoms with Gasteiger partial charge in [-0.2, -0.15) is 0 Å². The van der Waals surface area contributed by atoms with Gasteiger partial charge >= 0.3 is 5.97 Å². The Bertz CT molecular complexity index is 804. The van der Waals surface area contributed by atoms with Crippen molar-refractivity contribution in [3.05, 3.63) is 59.9 Å². The maximum absolute atomic E-state index is 13.0. The first-order valence-corrected chi connectivity index (χ1v) is 8.39. The smallest absolute Gasteiger partial charge is 0.306 e. The fourth-order valence-corrected chi connectivity index (χ4v) is 2.17. The lowest BCUT2D eigenvalue weighted by atomic mass is 10.1. The Hall–Kier alpha value is -3.22. The number of amides is 1. The van der Waals surface area contributed by atoms with Gasteiger partial charge in [-0.3, -0.25) is 14.4 Å². The average molecular weight is 373 g/mol. The van der Waals surface area contributed by atoms with Crippen molar-refractivity contribution in [2.45, 2.75) is 19.8 Å². The predicted molar refractivity (Wildman–Crippen MR) is 97.2 cm³/mol. The van der Waals surface area contributed by atoms with Crippen molar-refractivity contribution in [3.8, 4) is 5.75 Å². The summed E-state index contributed by atoms with van der Waals surface area (Å²) in [7, 11) is 0. The molecule has 0 fully saturated rings. The minimum Gasteiger partial charge on any atom is -0.494 e. The van der Waals surface area contributed by atoms with Crippen LogP contribution in [0.25, 0.3) is 0 Å². The maximum atomic E-state index is 13.0. The molecule has 1 N–H and O–H groups in total. The molecule has 6 nitrogen and oxygen atoms in total. The Labute approximate surface area is 156 Å². The van der Waals surface area contributed by atoms with Crippen molar-refractivity contribution >= 4 is 23.3 Å². The fraction of sp³-hybridized carbons (Fsp3) is 0.250. The van der Waals surface area contributed by atoms with Crippen LogP contribution in [0.4, 0.5) is 10.1 Å². The van der Waals surface area contributed by atoms with E-state index in [2.05, 4.69) is 5.32 Å². The fourth-order valence-electron chi connectivity index (χ4n) is 2.17. The lowest BCUT2D eigenvalue weighted by Gasteiger charge is -2.08. The number of hydrogen-bond acceptors (Lipinski definition) is 5. The van der Waals surface area contributed by atoms with Crippen molar-refractivity contribution in [2.75, 3.05) is 18.5 Å². The first kappa shape index (κ1) is 20.1. The van der Waals surface area contributed by atoms with E-state index in [1.165, 1.54) is 31.2 Å². The monoisotopic (exact) mass is 373 g/mol. The van der Waals surface area contributed by atoms with Crippen LogP contribution in [-0.2, 0) is 14.3 Å². The van der Waals surface area contributed by atoms with Gasteiger partial charge in [0.15, 0.2) is 12.4 Å². The summed E-state index contributed by atoms with van der Waals surface area (Å²) in [6.07, 6.45) is 0.511. The molecule has 1 amide bonds. The molecular formula is C20H20FNO5. The number of rotatable bonds is 9. The summed E-state index contributed by atoms with van der Waals surface area (Å²) in [5.74, 6) is -0.968. The van der Waals surface area contributed by atoms with Crippen LogP contribution in [0.3, 0.4) is 0 Å². The number of carbonyl (C=O) groups is 3. The summed E-state index contributed by atoms with van der Waals surface area (Å²) in [4.78, 5) is 34.5. The van der Waals surface area contributed by atoms with Crippen LogP contribution in [-0.4, -0.2) is 30.9 Å². The largest absolute Gasteiger partial charge is 0.494 e. The lowest BCUT2D eigenvalue weighted by molar-refractivity contribution is -0.147. The van der Waals surface area contributed by atoms with Gasteiger partial charge in [0, 0.05) is 17.7 Å². The van der Waals surface area contributed by atoms with Gasteiger partial charge < -0.3 is 14.8 Å². The molecule has 0 aliphatic heterocycles. The van der Waals surface area contributed by atoms with Gasteiger partial charge in [-0.25, -0.2) is 4.39 Å². The zero-order valence-corrected chi connectivity index (χ0v) is 14.9. The molecule has 0 saturated carbocycles. The quantitative estimate of drug-likeness (QED) is 0.414. The Morgan fingerprint density at radius 2 is 1.81 bits per heavy atom. The van der Waals surface area contributed by atoms with Crippen LogP contribution < -0.4 is 10.1 Å². The Kier molecular flexibility index (Phi) is 7.49. The molecule has 0 atom stereocenters. The van der Waals surface area contributed by atoms with Crippen LogP contribution in [0.2, 0.25) is 0 Å². The molecule has 2 aromatic rings. The van der Waals surface area contributed by atoms with Crippen LogP contribution in [0, 0.1) is 5.82 Å². The van der Waals surface area contributed by atoms with Gasteiger partial charge in [0.2, 0.25) is 0 Å². The van der Waals surface area contributed by atoms with Crippen LogP contribution in [0.5, 0.6) is 5.75 Å². The normalized spacial score (nSPS) is 10.1. The second-order valence-corrected chi connectivity index (χ2v) is 5.75. The second kappa shape index (κ2) is 10.1. The number of hydrogen-bond donors (Lipinski definition) is 1. The molecule has 0 spiro atoms. The number of carbonyl (C=O) groups excluding carboxylic acids is 3. The lowest BCUT2D eigenvalue weighted by Crippen LogP contribution is -2.21. The zero-order valence-electron chi connectivity index (χ0n) is 14.9. The van der Waals surface area contributed by atoms with Gasteiger partial charge in [0.05, 0.1) is 6.61 Å². The second-order valence-electron chi connectivity index (χ2n) is 5.75. The molecule has 7 heteroatoms. The molecule has 0 aliphatic rings. The number of benzene rings is 2. The number of Topliss-reactive ketones (excluding diaryl/α,β-unsaturated/α-hetero) is 1. The van der Waals surface area contributed by atoms with Crippen LogP contribution >= 0.6 is 0 Å². The van der Waals surface area contributed by atoms with Gasteiger partial charge in [-0.15, -0.1) is 0 Å². The summed E-state index contributed by atoms with van der Waals surface area (Å²) in [5, 5.41) is 2.43. The minimum atomic E-state index is -0.546. The third-order valence-corrected chi connectivity index (χ3v) is 3.53. The number of nitrogens with one attached hydrogen (secondary N) is 1. The number of ketones is 1. The van der Waals surface area contributed by atoms with E-state index in [1.807, 2.05) is 0 Å². The van der Waals surface area contributed by atoms with Crippen LogP contribution in [0.15, 0.2) is 48.5 Å². The van der Waals surface area contributed by atoms with E-state index in [0.29, 0.717) is 30.0 Å². The van der Waals surface area contributed by atoms with E-state index >= 15 is 0 Å². The molecule has 0 aliphatic carbocycles. The van der Waals surface area contributed by atoms with Crippen molar-refractivity contribution in [3.63, 3.8) is 0 Å². The summed E-state index contributed by atoms with van der Waals surface area (Å²) >= 11 is 0. The van der Waals surface area contributed by atoms with Crippen molar-refractivity contribution in [1.29, 1.82) is 0 Å². The first-order valence-electron chi connectivity index (χ1n) is 8.39. The summed E-state index contributed by atoms with van der Waals surface area (Å²) < 4.78 is 23.4. The number of ether oxygens (including phenoxy) is 2. The molecule has 2 aromatic carbocycles. The molecule has 0 heterocycles. The van der Waals surface area contributed by atoms with Crippen molar-refractivity contribution < 1.29 is 28.2 Å². The van der Waals surface area contributed by atoms with E-state index < -0.39 is 24.3 Å². The zero-order chi connectivity index (χ0) is 19.6. The SMILES string of the molecule is CC(=O)c1ccc(OCCCC(=O)OCC(=O)Nc2cccc(F)c2)cc1. The van der Waals surface area contributed by atoms with E-state index in [0.717, 1.165) is 0 Å². The van der Waals surface area contributed by atoms with E-state index in [9.17, 15) is 18.8 Å². The van der Waals surface area contributed by atoms with Gasteiger partial charge in [-0.05, 0) is 55.8 Å². The highest BCUT2D eigenvalue weighted by molar-refractivity contribution is 5.94. The Morgan fingerprint density at radius 1 is 1.07 bits per heavy atom. The predicted octanol–water partition coefficient (Wildman–Crippen LogP) is 3.37. The van der Waals surface area contributed by atoms with E-state index in [4.69, 9.17) is 9.47 Å². The van der Waals surface area contributed by atoms with Crippen molar-refractivity contribution in [1.82, 2.24) is 0 Å². The average Bonchev–Trinajstić information content (AvgIpc) is 2.64. The topological polar surface area (TPSA) is 81.7 Å². The molecule has 0 aromatic heterocycles. The minimum absolute atomic E-state index is 0.0225. The molecule has 0 radical (unpaired) electrons. The molecule has 0 bridgehead atoms. The molecule has 2 rings (SSSR count). The van der Waals surface area contributed by atoms with E-state index in [-0.39, 0.29) is 12.2 Å². The standard InChI is InChI=1S/C20H20FNO5/c1-14(23)15-7-9-18(10-8-15)26-11-3-6-20(25)27-13-19(24)22-17-5-2-4-16(21)12-17/h2,4-5,7-10,12H,3,6,11,13H2,1H3,(H,22,24). The third-order valence-electron chi connectivity index (χ3n) is 3.53. The highest BCUT2D eigenvalue weighted by Gasteiger charge is 2.08. The molecule has 0 unspecified atom stereocenters. The van der Waals surface area contributed by atoms with Gasteiger partial charge in [0.1, 0.15) is 11.6 Å². The van der Waals surface area contributed by atoms with Crippen molar-refractivity contribution in [2.24, 2.45) is 0 Å². The highest BCUT2D eigenvalue weighted by Crippen LogP contribution is 2.13. The molecular weight excluding hydrogens is 353 g/mol. The first-order chi connectivity index (χ1) is 12.9. The highest BCUT2D eigenvalue weighted by atomic mass is 19.1. The Morgan fingerprint density at radius 3 is 2.48 bits per heavy atom. The molecule has 0 saturated heterocycles. The maximum Gasteiger partial charge on any atom is 0.306 e. The summed E-state index contributed by atoms with van der Waals surface area (Å²) in [5.41, 5.74) is 0.891. The molecule has 27 heavy (non-hydrogen) atoms. The van der Waals surface area contributed by atoms with E-state index in [1.54, 1.807) is 24.3 Å². The number of anilines is 1. The molecule has 142 valence electrons. The third kappa shape index (κ3) is 7.27. The van der Waals surface area contributed by atoms with Gasteiger partial charge in [-0.1, -0.05) is 6.07 Å². The van der Waals surface area contributed by atoms with Crippen LogP contribution in [0.1, 0.15) is 30.1 Å². The summed E-state index contributed by atoms with van der Waals surface area (Å²) in [6, 6.07) is 12.1. The Balaban J connectivity index is 1.61.